The zero-order chi connectivity index (χ0) is 18.1. The molecule has 2 amide bonds. The van der Waals surface area contributed by atoms with E-state index < -0.39 is 11.9 Å². The van der Waals surface area contributed by atoms with Crippen LogP contribution in [0.2, 0.25) is 0 Å². The zero-order valence-corrected chi connectivity index (χ0v) is 14.6. The Bertz CT molecular complexity index is 578. The van der Waals surface area contributed by atoms with Crippen molar-refractivity contribution in [3.05, 3.63) is 29.8 Å². The average molecular weight is 350 g/mol. The van der Waals surface area contributed by atoms with Gasteiger partial charge in [-0.3, -0.25) is 4.79 Å². The minimum absolute atomic E-state index is 0.225. The SMILES string of the molecule is COCCCOc1cccc(CNC(=O)N2CCCC(C(=O)O)C2)c1. The summed E-state index contributed by atoms with van der Waals surface area (Å²) in [5.74, 6) is -0.550. The molecular weight excluding hydrogens is 324 g/mol. The molecule has 0 radical (unpaired) electrons. The fourth-order valence-electron chi connectivity index (χ4n) is 2.79. The summed E-state index contributed by atoms with van der Waals surface area (Å²) in [4.78, 5) is 24.9. The van der Waals surface area contributed by atoms with E-state index in [1.807, 2.05) is 24.3 Å². The van der Waals surface area contributed by atoms with Gasteiger partial charge in [-0.05, 0) is 30.5 Å². The number of carboxylic acids is 1. The summed E-state index contributed by atoms with van der Waals surface area (Å²) in [5, 5.41) is 12.0. The molecule has 0 aliphatic carbocycles. The molecule has 1 unspecified atom stereocenters. The number of piperidine rings is 1. The second kappa shape index (κ2) is 9.88. The highest BCUT2D eigenvalue weighted by Gasteiger charge is 2.27. The maximum absolute atomic E-state index is 12.2. The smallest absolute Gasteiger partial charge is 0.317 e. The summed E-state index contributed by atoms with van der Waals surface area (Å²) in [5.41, 5.74) is 0.935. The largest absolute Gasteiger partial charge is 0.493 e. The van der Waals surface area contributed by atoms with E-state index >= 15 is 0 Å². The summed E-state index contributed by atoms with van der Waals surface area (Å²) in [6.07, 6.45) is 2.16. The lowest BCUT2D eigenvalue weighted by Crippen LogP contribution is -2.46. The highest BCUT2D eigenvalue weighted by Crippen LogP contribution is 2.17. The number of rotatable bonds is 8. The third kappa shape index (κ3) is 6.26. The molecule has 0 aromatic heterocycles. The molecule has 1 aliphatic heterocycles. The van der Waals surface area contributed by atoms with Crippen LogP contribution in [-0.4, -0.2) is 55.4 Å². The topological polar surface area (TPSA) is 88.1 Å². The van der Waals surface area contributed by atoms with Crippen molar-refractivity contribution >= 4 is 12.0 Å². The van der Waals surface area contributed by atoms with Crippen molar-refractivity contribution in [1.82, 2.24) is 10.2 Å². The van der Waals surface area contributed by atoms with Crippen LogP contribution in [0, 0.1) is 5.92 Å². The van der Waals surface area contributed by atoms with Crippen molar-refractivity contribution in [1.29, 1.82) is 0 Å². The summed E-state index contributed by atoms with van der Waals surface area (Å²) in [7, 11) is 1.66. The normalized spacial score (nSPS) is 17.2. The molecule has 0 spiro atoms. The van der Waals surface area contributed by atoms with Crippen molar-refractivity contribution < 1.29 is 24.2 Å². The number of hydrogen-bond donors (Lipinski definition) is 2. The molecule has 0 bridgehead atoms. The summed E-state index contributed by atoms with van der Waals surface area (Å²) < 4.78 is 10.6. The monoisotopic (exact) mass is 350 g/mol. The number of methoxy groups -OCH3 is 1. The predicted molar refractivity (Wildman–Crippen MR) is 92.6 cm³/mol. The Hall–Kier alpha value is -2.28. The zero-order valence-electron chi connectivity index (χ0n) is 14.6. The van der Waals surface area contributed by atoms with Crippen LogP contribution in [0.5, 0.6) is 5.75 Å². The number of carboxylic acid groups (broad SMARTS) is 1. The molecule has 2 rings (SSSR count). The highest BCUT2D eigenvalue weighted by atomic mass is 16.5. The van der Waals surface area contributed by atoms with Gasteiger partial charge in [0.2, 0.25) is 0 Å². The van der Waals surface area contributed by atoms with Crippen LogP contribution in [0.15, 0.2) is 24.3 Å². The van der Waals surface area contributed by atoms with E-state index in [9.17, 15) is 9.59 Å². The van der Waals surface area contributed by atoms with Gasteiger partial charge in [0.1, 0.15) is 5.75 Å². The van der Waals surface area contributed by atoms with E-state index in [1.54, 1.807) is 12.0 Å². The maximum Gasteiger partial charge on any atom is 0.317 e. The highest BCUT2D eigenvalue weighted by molar-refractivity contribution is 5.76. The lowest BCUT2D eigenvalue weighted by Gasteiger charge is -2.30. The fraction of sp³-hybridized carbons (Fsp3) is 0.556. The third-order valence-electron chi connectivity index (χ3n) is 4.16. The molecule has 1 atom stereocenters. The first-order valence-corrected chi connectivity index (χ1v) is 8.56. The standard InChI is InChI=1S/C18H26N2O5/c1-24-9-4-10-25-16-7-2-5-14(11-16)12-19-18(23)20-8-3-6-15(13-20)17(21)22/h2,5,7,11,15H,3-4,6,8-10,12-13H2,1H3,(H,19,23)(H,21,22). The molecule has 0 saturated carbocycles. The second-order valence-corrected chi connectivity index (χ2v) is 6.12. The van der Waals surface area contributed by atoms with Crippen LogP contribution in [-0.2, 0) is 16.1 Å². The quantitative estimate of drug-likeness (QED) is 0.701. The fourth-order valence-corrected chi connectivity index (χ4v) is 2.79. The second-order valence-electron chi connectivity index (χ2n) is 6.12. The van der Waals surface area contributed by atoms with Gasteiger partial charge in [-0.25, -0.2) is 4.79 Å². The number of aliphatic carboxylic acids is 1. The van der Waals surface area contributed by atoms with Gasteiger partial charge in [-0.15, -0.1) is 0 Å². The molecule has 1 heterocycles. The van der Waals surface area contributed by atoms with E-state index in [0.29, 0.717) is 32.7 Å². The molecule has 2 N–H and O–H groups in total. The Morgan fingerprint density at radius 1 is 1.36 bits per heavy atom. The minimum atomic E-state index is -0.837. The maximum atomic E-state index is 12.2. The van der Waals surface area contributed by atoms with E-state index in [-0.39, 0.29) is 12.6 Å². The van der Waals surface area contributed by atoms with Crippen molar-refractivity contribution in [3.8, 4) is 5.75 Å². The molecule has 1 aliphatic rings. The summed E-state index contributed by atoms with van der Waals surface area (Å²) >= 11 is 0. The van der Waals surface area contributed by atoms with Crippen molar-refractivity contribution in [2.75, 3.05) is 33.4 Å². The van der Waals surface area contributed by atoms with Crippen molar-refractivity contribution in [3.63, 3.8) is 0 Å². The molecule has 7 heteroatoms. The Morgan fingerprint density at radius 2 is 2.20 bits per heavy atom. The van der Waals surface area contributed by atoms with Crippen LogP contribution >= 0.6 is 0 Å². The molecule has 7 nitrogen and oxygen atoms in total. The predicted octanol–water partition coefficient (Wildman–Crippen LogP) is 2.11. The number of nitrogens with zero attached hydrogens (tertiary/aromatic N) is 1. The number of hydrogen-bond acceptors (Lipinski definition) is 4. The lowest BCUT2D eigenvalue weighted by atomic mass is 9.99. The Labute approximate surface area is 147 Å². The Morgan fingerprint density at radius 3 is 2.96 bits per heavy atom. The van der Waals surface area contributed by atoms with Crippen LogP contribution in [0.25, 0.3) is 0 Å². The molecule has 1 saturated heterocycles. The minimum Gasteiger partial charge on any atom is -0.493 e. The van der Waals surface area contributed by atoms with Gasteiger partial charge in [-0.1, -0.05) is 12.1 Å². The molecule has 1 fully saturated rings. The Balaban J connectivity index is 1.80. The molecular formula is C18H26N2O5. The number of likely N-dealkylation sites (tertiary alicyclic amines) is 1. The lowest BCUT2D eigenvalue weighted by molar-refractivity contribution is -0.143. The number of nitrogens with one attached hydrogen (secondary N) is 1. The number of carbonyl (C=O) groups is 2. The van der Waals surface area contributed by atoms with Gasteiger partial charge >= 0.3 is 12.0 Å². The van der Waals surface area contributed by atoms with Gasteiger partial charge in [0, 0.05) is 39.8 Å². The van der Waals surface area contributed by atoms with E-state index in [0.717, 1.165) is 24.2 Å². The van der Waals surface area contributed by atoms with Gasteiger partial charge in [0.05, 0.1) is 12.5 Å². The average Bonchev–Trinajstić information content (AvgIpc) is 2.64. The van der Waals surface area contributed by atoms with E-state index in [2.05, 4.69) is 5.32 Å². The number of benzene rings is 1. The van der Waals surface area contributed by atoms with Crippen LogP contribution in [0.4, 0.5) is 4.79 Å². The molecule has 138 valence electrons. The number of ether oxygens (including phenoxy) is 2. The first-order chi connectivity index (χ1) is 12.1. The Kier molecular flexibility index (Phi) is 7.53. The summed E-state index contributed by atoms with van der Waals surface area (Å²) in [6.45, 7) is 2.47. The summed E-state index contributed by atoms with van der Waals surface area (Å²) in [6, 6.07) is 7.34. The van der Waals surface area contributed by atoms with E-state index in [1.165, 1.54) is 0 Å². The van der Waals surface area contributed by atoms with Gasteiger partial charge in [-0.2, -0.15) is 0 Å². The molecule has 1 aromatic rings. The first kappa shape index (κ1) is 19.1. The van der Waals surface area contributed by atoms with Gasteiger partial charge in [0.15, 0.2) is 0 Å². The first-order valence-electron chi connectivity index (χ1n) is 8.56. The van der Waals surface area contributed by atoms with Crippen LogP contribution < -0.4 is 10.1 Å². The molecule has 25 heavy (non-hydrogen) atoms. The van der Waals surface area contributed by atoms with Gasteiger partial charge < -0.3 is 24.8 Å². The van der Waals surface area contributed by atoms with Crippen molar-refractivity contribution in [2.24, 2.45) is 5.92 Å². The number of carbonyl (C=O) groups excluding carboxylic acids is 1. The van der Waals surface area contributed by atoms with Gasteiger partial charge in [0.25, 0.3) is 0 Å². The van der Waals surface area contributed by atoms with Crippen LogP contribution in [0.1, 0.15) is 24.8 Å². The third-order valence-corrected chi connectivity index (χ3v) is 4.16. The van der Waals surface area contributed by atoms with Crippen LogP contribution in [0.3, 0.4) is 0 Å². The van der Waals surface area contributed by atoms with Crippen molar-refractivity contribution in [2.45, 2.75) is 25.8 Å². The number of urea groups is 1. The molecule has 1 aromatic carbocycles. The van der Waals surface area contributed by atoms with E-state index in [4.69, 9.17) is 14.6 Å². The number of amides is 2.